The molecular formula is C17H35N3O2. The summed E-state index contributed by atoms with van der Waals surface area (Å²) in [7, 11) is 1.83. The largest absolute Gasteiger partial charge is 0.354 e. The van der Waals surface area contributed by atoms with Crippen LogP contribution in [0.3, 0.4) is 0 Å². The van der Waals surface area contributed by atoms with Crippen molar-refractivity contribution in [3.05, 3.63) is 0 Å². The molecule has 0 bridgehead atoms. The van der Waals surface area contributed by atoms with Crippen LogP contribution in [0.15, 0.2) is 0 Å². The van der Waals surface area contributed by atoms with Gasteiger partial charge in [0.15, 0.2) is 0 Å². The molecule has 0 saturated carbocycles. The van der Waals surface area contributed by atoms with Crippen LogP contribution in [0.1, 0.15) is 60.8 Å². The van der Waals surface area contributed by atoms with Crippen LogP contribution in [0.4, 0.5) is 0 Å². The molecule has 130 valence electrons. The van der Waals surface area contributed by atoms with Crippen molar-refractivity contribution in [2.45, 2.75) is 78.9 Å². The quantitative estimate of drug-likeness (QED) is 0.685. The fourth-order valence-corrected chi connectivity index (χ4v) is 2.68. The zero-order chi connectivity index (χ0) is 17.4. The van der Waals surface area contributed by atoms with Gasteiger partial charge in [-0.25, -0.2) is 0 Å². The lowest BCUT2D eigenvalue weighted by atomic mass is 9.92. The third-order valence-electron chi connectivity index (χ3n) is 4.58. The third kappa shape index (κ3) is 6.34. The van der Waals surface area contributed by atoms with Gasteiger partial charge in [-0.05, 0) is 24.7 Å². The van der Waals surface area contributed by atoms with Crippen LogP contribution < -0.4 is 11.1 Å². The smallest absolute Gasteiger partial charge is 0.239 e. The van der Waals surface area contributed by atoms with Crippen molar-refractivity contribution in [3.8, 4) is 0 Å². The lowest BCUT2D eigenvalue weighted by molar-refractivity contribution is -0.135. The van der Waals surface area contributed by atoms with Gasteiger partial charge in [-0.3, -0.25) is 9.59 Å². The Hall–Kier alpha value is -1.10. The van der Waals surface area contributed by atoms with Gasteiger partial charge in [-0.1, -0.05) is 41.0 Å². The van der Waals surface area contributed by atoms with E-state index in [-0.39, 0.29) is 29.8 Å². The number of carbonyl (C=O) groups is 2. The van der Waals surface area contributed by atoms with Gasteiger partial charge in [-0.2, -0.15) is 0 Å². The summed E-state index contributed by atoms with van der Waals surface area (Å²) in [5, 5.41) is 2.96. The molecule has 0 aromatic rings. The van der Waals surface area contributed by atoms with Crippen molar-refractivity contribution < 1.29 is 9.59 Å². The predicted octanol–water partition coefficient (Wildman–Crippen LogP) is 2.15. The van der Waals surface area contributed by atoms with Gasteiger partial charge in [0, 0.05) is 26.1 Å². The maximum atomic E-state index is 12.6. The number of rotatable bonds is 9. The first-order valence-electron chi connectivity index (χ1n) is 8.44. The van der Waals surface area contributed by atoms with E-state index in [0.29, 0.717) is 5.92 Å². The van der Waals surface area contributed by atoms with Gasteiger partial charge in [0.25, 0.3) is 0 Å². The number of amides is 2. The lowest BCUT2D eigenvalue weighted by Crippen LogP contribution is -2.52. The molecule has 0 aromatic heterocycles. The van der Waals surface area contributed by atoms with E-state index in [2.05, 4.69) is 19.2 Å². The minimum absolute atomic E-state index is 0.00859. The molecule has 22 heavy (non-hydrogen) atoms. The molecule has 0 spiro atoms. The SMILES string of the molecule is CC[C@H](C[C@H](C(C)C)N(C)C(=O)[C@@H](N)[C@@H](C)CC)NC(C)=O. The molecule has 0 saturated heterocycles. The van der Waals surface area contributed by atoms with Gasteiger partial charge in [0.05, 0.1) is 6.04 Å². The Morgan fingerprint density at radius 1 is 1.14 bits per heavy atom. The molecule has 0 rings (SSSR count). The van der Waals surface area contributed by atoms with E-state index in [1.807, 2.05) is 27.8 Å². The summed E-state index contributed by atoms with van der Waals surface area (Å²) in [6.07, 6.45) is 2.49. The molecule has 0 heterocycles. The van der Waals surface area contributed by atoms with E-state index >= 15 is 0 Å². The van der Waals surface area contributed by atoms with Gasteiger partial charge < -0.3 is 16.0 Å². The summed E-state index contributed by atoms with van der Waals surface area (Å²) in [6, 6.07) is -0.309. The van der Waals surface area contributed by atoms with Crippen LogP contribution in [0, 0.1) is 11.8 Å². The van der Waals surface area contributed by atoms with Crippen LogP contribution in [-0.4, -0.2) is 41.9 Å². The van der Waals surface area contributed by atoms with Crippen molar-refractivity contribution in [1.29, 1.82) is 0 Å². The summed E-state index contributed by atoms with van der Waals surface area (Å²) in [6.45, 7) is 11.8. The second-order valence-corrected chi connectivity index (χ2v) is 6.71. The fraction of sp³-hybridized carbons (Fsp3) is 0.882. The molecule has 5 heteroatoms. The maximum absolute atomic E-state index is 12.6. The molecule has 0 unspecified atom stereocenters. The van der Waals surface area contributed by atoms with E-state index in [4.69, 9.17) is 5.73 Å². The van der Waals surface area contributed by atoms with Crippen molar-refractivity contribution in [1.82, 2.24) is 10.2 Å². The highest BCUT2D eigenvalue weighted by molar-refractivity contribution is 5.82. The predicted molar refractivity (Wildman–Crippen MR) is 91.3 cm³/mol. The van der Waals surface area contributed by atoms with E-state index in [1.165, 1.54) is 6.92 Å². The standard InChI is InChI=1S/C17H35N3O2/c1-8-12(5)16(18)17(22)20(7)15(11(3)4)10-14(9-2)19-13(6)21/h11-12,14-16H,8-10,18H2,1-7H3,(H,19,21)/t12-,14+,15+,16-/m0/s1. The number of carbonyl (C=O) groups excluding carboxylic acids is 2. The molecule has 3 N–H and O–H groups in total. The summed E-state index contributed by atoms with van der Waals surface area (Å²) in [5.74, 6) is 0.436. The number of nitrogens with zero attached hydrogens (tertiary/aromatic N) is 1. The van der Waals surface area contributed by atoms with Crippen LogP contribution in [0.5, 0.6) is 0 Å². The topological polar surface area (TPSA) is 75.4 Å². The average Bonchev–Trinajstić information content (AvgIpc) is 2.47. The normalized spacial score (nSPS) is 16.8. The lowest BCUT2D eigenvalue weighted by Gasteiger charge is -2.36. The van der Waals surface area contributed by atoms with Crippen molar-refractivity contribution in [2.75, 3.05) is 7.05 Å². The highest BCUT2D eigenvalue weighted by Crippen LogP contribution is 2.19. The Kier molecular flexibility index (Phi) is 9.33. The van der Waals surface area contributed by atoms with E-state index in [0.717, 1.165) is 19.3 Å². The highest BCUT2D eigenvalue weighted by Gasteiger charge is 2.30. The Morgan fingerprint density at radius 2 is 1.68 bits per heavy atom. The van der Waals surface area contributed by atoms with Crippen molar-refractivity contribution in [2.24, 2.45) is 17.6 Å². The van der Waals surface area contributed by atoms with Gasteiger partial charge in [-0.15, -0.1) is 0 Å². The monoisotopic (exact) mass is 313 g/mol. The first kappa shape index (κ1) is 20.9. The molecule has 0 aliphatic rings. The van der Waals surface area contributed by atoms with Crippen LogP contribution >= 0.6 is 0 Å². The van der Waals surface area contributed by atoms with E-state index in [1.54, 1.807) is 4.90 Å². The first-order valence-corrected chi connectivity index (χ1v) is 8.44. The van der Waals surface area contributed by atoms with Gasteiger partial charge in [0.2, 0.25) is 11.8 Å². The number of hydrogen-bond donors (Lipinski definition) is 2. The summed E-state index contributed by atoms with van der Waals surface area (Å²) in [4.78, 5) is 25.7. The average molecular weight is 313 g/mol. The summed E-state index contributed by atoms with van der Waals surface area (Å²) >= 11 is 0. The Morgan fingerprint density at radius 3 is 2.05 bits per heavy atom. The summed E-state index contributed by atoms with van der Waals surface area (Å²) < 4.78 is 0. The highest BCUT2D eigenvalue weighted by atomic mass is 16.2. The number of hydrogen-bond acceptors (Lipinski definition) is 3. The number of nitrogens with one attached hydrogen (secondary N) is 1. The second kappa shape index (κ2) is 9.82. The Labute approximate surface area is 136 Å². The first-order chi connectivity index (χ1) is 10.1. The van der Waals surface area contributed by atoms with Crippen molar-refractivity contribution >= 4 is 11.8 Å². The second-order valence-electron chi connectivity index (χ2n) is 6.71. The summed E-state index contributed by atoms with van der Waals surface area (Å²) in [5.41, 5.74) is 6.09. The molecule has 0 aliphatic heterocycles. The minimum Gasteiger partial charge on any atom is -0.354 e. The van der Waals surface area contributed by atoms with Gasteiger partial charge >= 0.3 is 0 Å². The maximum Gasteiger partial charge on any atom is 0.239 e. The zero-order valence-electron chi connectivity index (χ0n) is 15.3. The van der Waals surface area contributed by atoms with Crippen LogP contribution in [0.25, 0.3) is 0 Å². The third-order valence-corrected chi connectivity index (χ3v) is 4.58. The molecule has 0 radical (unpaired) electrons. The Bertz CT molecular complexity index is 358. The van der Waals surface area contributed by atoms with Gasteiger partial charge in [0.1, 0.15) is 0 Å². The van der Waals surface area contributed by atoms with Crippen LogP contribution in [0.2, 0.25) is 0 Å². The molecule has 0 fully saturated rings. The fourth-order valence-electron chi connectivity index (χ4n) is 2.68. The minimum atomic E-state index is -0.461. The van der Waals surface area contributed by atoms with E-state index < -0.39 is 6.04 Å². The number of likely N-dealkylation sites (N-methyl/N-ethyl adjacent to an activating group) is 1. The van der Waals surface area contributed by atoms with Crippen LogP contribution in [-0.2, 0) is 9.59 Å². The zero-order valence-corrected chi connectivity index (χ0v) is 15.3. The van der Waals surface area contributed by atoms with Crippen molar-refractivity contribution in [3.63, 3.8) is 0 Å². The van der Waals surface area contributed by atoms with E-state index in [9.17, 15) is 9.59 Å². The number of nitrogens with two attached hydrogens (primary N) is 1. The molecule has 4 atom stereocenters. The molecule has 2 amide bonds. The Balaban J connectivity index is 4.99. The molecular weight excluding hydrogens is 278 g/mol. The molecule has 0 aliphatic carbocycles. The molecule has 5 nitrogen and oxygen atoms in total. The molecule has 0 aromatic carbocycles.